The minimum Gasteiger partial charge on any atom is -0.481 e. The summed E-state index contributed by atoms with van der Waals surface area (Å²) in [5.41, 5.74) is 0.655. The van der Waals surface area contributed by atoms with Crippen molar-refractivity contribution in [1.82, 2.24) is 0 Å². The van der Waals surface area contributed by atoms with Crippen molar-refractivity contribution in [1.29, 1.82) is 5.26 Å². The average molecular weight is 279 g/mol. The van der Waals surface area contributed by atoms with E-state index in [0.29, 0.717) is 24.5 Å². The highest BCUT2D eigenvalue weighted by Gasteiger charge is 2.14. The van der Waals surface area contributed by atoms with Gasteiger partial charge >= 0.3 is 5.97 Å². The average Bonchev–Trinajstić information content (AvgIpc) is 2.45. The molecular weight excluding hydrogens is 262 g/mol. The molecule has 6 heteroatoms. The third-order valence-electron chi connectivity index (χ3n) is 2.56. The Morgan fingerprint density at radius 3 is 2.60 bits per heavy atom. The summed E-state index contributed by atoms with van der Waals surface area (Å²) in [5, 5.41) is 17.7. The second kappa shape index (κ2) is 8.91. The van der Waals surface area contributed by atoms with Crippen LogP contribution < -0.4 is 4.74 Å². The molecular formula is C14H17NO5. The number of ether oxygens (including phenoxy) is 3. The molecule has 0 aliphatic rings. The van der Waals surface area contributed by atoms with Gasteiger partial charge in [-0.05, 0) is 17.7 Å². The first-order valence-corrected chi connectivity index (χ1v) is 6.08. The van der Waals surface area contributed by atoms with E-state index in [2.05, 4.69) is 0 Å². The van der Waals surface area contributed by atoms with Crippen molar-refractivity contribution in [3.8, 4) is 11.8 Å². The molecule has 1 aromatic carbocycles. The summed E-state index contributed by atoms with van der Waals surface area (Å²) in [5.74, 6) is -1.05. The van der Waals surface area contributed by atoms with Gasteiger partial charge in [0.1, 0.15) is 5.75 Å². The molecule has 1 rings (SSSR count). The van der Waals surface area contributed by atoms with E-state index in [1.807, 2.05) is 6.07 Å². The Morgan fingerprint density at radius 1 is 1.35 bits per heavy atom. The van der Waals surface area contributed by atoms with Gasteiger partial charge in [-0.25, -0.2) is 0 Å². The van der Waals surface area contributed by atoms with Gasteiger partial charge in [0.05, 0.1) is 31.6 Å². The highest BCUT2D eigenvalue weighted by molar-refractivity contribution is 5.68. The number of benzene rings is 1. The molecule has 0 radical (unpaired) electrons. The van der Waals surface area contributed by atoms with Crippen LogP contribution in [-0.4, -0.2) is 38.2 Å². The second-order valence-corrected chi connectivity index (χ2v) is 4.01. The van der Waals surface area contributed by atoms with Gasteiger partial charge in [0.15, 0.2) is 6.79 Å². The predicted octanol–water partition coefficient (Wildman–Crippen LogP) is 1.77. The fraction of sp³-hybridized carbons (Fsp3) is 0.429. The van der Waals surface area contributed by atoms with Crippen LogP contribution in [-0.2, 0) is 14.3 Å². The largest absolute Gasteiger partial charge is 0.481 e. The summed E-state index contributed by atoms with van der Waals surface area (Å²) < 4.78 is 15.3. The molecule has 20 heavy (non-hydrogen) atoms. The number of carbonyl (C=O) groups is 1. The summed E-state index contributed by atoms with van der Waals surface area (Å²) in [6.45, 7) is 1.06. The van der Waals surface area contributed by atoms with Crippen LogP contribution in [0.15, 0.2) is 24.3 Å². The van der Waals surface area contributed by atoms with Gasteiger partial charge in [-0.2, -0.15) is 5.26 Å². The van der Waals surface area contributed by atoms with Crippen molar-refractivity contribution in [3.05, 3.63) is 29.8 Å². The van der Waals surface area contributed by atoms with E-state index in [9.17, 15) is 4.79 Å². The van der Waals surface area contributed by atoms with Crippen molar-refractivity contribution in [3.63, 3.8) is 0 Å². The van der Waals surface area contributed by atoms with E-state index in [0.717, 1.165) is 0 Å². The summed E-state index contributed by atoms with van der Waals surface area (Å²) in [4.78, 5) is 10.6. The van der Waals surface area contributed by atoms with Crippen LogP contribution >= 0.6 is 0 Å². The lowest BCUT2D eigenvalue weighted by molar-refractivity contribution is -0.137. The standard InChI is InChI=1S/C14H17NO5/c1-18-6-7-19-10-20-13-4-2-11(3-5-13)12(9-15)8-14(16)17/h2-5,12H,6-8,10H2,1H3,(H,16,17). The van der Waals surface area contributed by atoms with Gasteiger partial charge in [0.25, 0.3) is 0 Å². The summed E-state index contributed by atoms with van der Waals surface area (Å²) in [6.07, 6.45) is -0.211. The molecule has 0 amide bonds. The molecule has 0 heterocycles. The van der Waals surface area contributed by atoms with E-state index in [1.165, 1.54) is 0 Å². The van der Waals surface area contributed by atoms with Gasteiger partial charge in [0, 0.05) is 7.11 Å². The molecule has 0 aromatic heterocycles. The highest BCUT2D eigenvalue weighted by atomic mass is 16.7. The van der Waals surface area contributed by atoms with Crippen LogP contribution in [0, 0.1) is 11.3 Å². The number of carboxylic acids is 1. The molecule has 1 atom stereocenters. The molecule has 0 saturated heterocycles. The van der Waals surface area contributed by atoms with Gasteiger partial charge in [-0.15, -0.1) is 0 Å². The molecule has 0 bridgehead atoms. The Kier molecular flexibility index (Phi) is 7.11. The van der Waals surface area contributed by atoms with Crippen molar-refractivity contribution in [2.45, 2.75) is 12.3 Å². The summed E-state index contributed by atoms with van der Waals surface area (Å²) in [7, 11) is 1.59. The number of aliphatic carboxylic acids is 1. The zero-order chi connectivity index (χ0) is 14.8. The minimum absolute atomic E-state index is 0.111. The van der Waals surface area contributed by atoms with E-state index < -0.39 is 11.9 Å². The molecule has 0 fully saturated rings. The van der Waals surface area contributed by atoms with Crippen LogP contribution in [0.1, 0.15) is 17.9 Å². The first kappa shape index (κ1) is 16.0. The number of hydrogen-bond donors (Lipinski definition) is 1. The Labute approximate surface area is 117 Å². The number of nitrogens with zero attached hydrogens (tertiary/aromatic N) is 1. The Hall–Kier alpha value is -2.10. The molecule has 1 aromatic rings. The number of carboxylic acid groups (broad SMARTS) is 1. The molecule has 1 unspecified atom stereocenters. The number of methoxy groups -OCH3 is 1. The lowest BCUT2D eigenvalue weighted by Crippen LogP contribution is -2.08. The third-order valence-corrected chi connectivity index (χ3v) is 2.56. The minimum atomic E-state index is -0.997. The van der Waals surface area contributed by atoms with Crippen LogP contribution in [0.2, 0.25) is 0 Å². The highest BCUT2D eigenvalue weighted by Crippen LogP contribution is 2.21. The van der Waals surface area contributed by atoms with E-state index in [4.69, 9.17) is 24.6 Å². The van der Waals surface area contributed by atoms with Crippen molar-refractivity contribution >= 4 is 5.97 Å². The lowest BCUT2D eigenvalue weighted by atomic mass is 9.97. The predicted molar refractivity (Wildman–Crippen MR) is 70.4 cm³/mol. The van der Waals surface area contributed by atoms with Gasteiger partial charge in [0.2, 0.25) is 0 Å². The quantitative estimate of drug-likeness (QED) is 0.547. The van der Waals surface area contributed by atoms with Gasteiger partial charge in [-0.3, -0.25) is 4.79 Å². The number of nitriles is 1. The zero-order valence-corrected chi connectivity index (χ0v) is 11.2. The normalized spacial score (nSPS) is 11.6. The topological polar surface area (TPSA) is 88.8 Å². The Bertz CT molecular complexity index is 452. The first-order chi connectivity index (χ1) is 9.67. The van der Waals surface area contributed by atoms with E-state index in [1.54, 1.807) is 31.4 Å². The number of rotatable bonds is 9. The molecule has 0 spiro atoms. The van der Waals surface area contributed by atoms with Gasteiger partial charge < -0.3 is 19.3 Å². The molecule has 6 nitrogen and oxygen atoms in total. The first-order valence-electron chi connectivity index (χ1n) is 6.08. The molecule has 0 saturated carbocycles. The maximum absolute atomic E-state index is 10.6. The van der Waals surface area contributed by atoms with Crippen LogP contribution in [0.4, 0.5) is 0 Å². The Balaban J connectivity index is 2.47. The molecule has 0 aliphatic heterocycles. The fourth-order valence-electron chi connectivity index (χ4n) is 1.52. The maximum atomic E-state index is 10.6. The van der Waals surface area contributed by atoms with E-state index in [-0.39, 0.29) is 13.2 Å². The molecule has 1 N–H and O–H groups in total. The molecule has 108 valence electrons. The van der Waals surface area contributed by atoms with E-state index >= 15 is 0 Å². The maximum Gasteiger partial charge on any atom is 0.305 e. The lowest BCUT2D eigenvalue weighted by Gasteiger charge is -2.09. The third kappa shape index (κ3) is 5.69. The fourth-order valence-corrected chi connectivity index (χ4v) is 1.52. The second-order valence-electron chi connectivity index (χ2n) is 4.01. The van der Waals surface area contributed by atoms with Gasteiger partial charge in [-0.1, -0.05) is 12.1 Å². The molecule has 0 aliphatic carbocycles. The smallest absolute Gasteiger partial charge is 0.305 e. The van der Waals surface area contributed by atoms with Crippen LogP contribution in [0.25, 0.3) is 0 Å². The van der Waals surface area contributed by atoms with Crippen LogP contribution in [0.5, 0.6) is 5.75 Å². The summed E-state index contributed by atoms with van der Waals surface area (Å²) >= 11 is 0. The Morgan fingerprint density at radius 2 is 2.05 bits per heavy atom. The van der Waals surface area contributed by atoms with Crippen LogP contribution in [0.3, 0.4) is 0 Å². The zero-order valence-electron chi connectivity index (χ0n) is 11.2. The summed E-state index contributed by atoms with van der Waals surface area (Å²) in [6, 6.07) is 8.70. The monoisotopic (exact) mass is 279 g/mol. The van der Waals surface area contributed by atoms with Crippen molar-refractivity contribution in [2.24, 2.45) is 0 Å². The number of hydrogen-bond acceptors (Lipinski definition) is 5. The van der Waals surface area contributed by atoms with Crippen molar-refractivity contribution < 1.29 is 24.1 Å². The van der Waals surface area contributed by atoms with Crippen molar-refractivity contribution in [2.75, 3.05) is 27.1 Å². The SMILES string of the molecule is COCCOCOc1ccc(C(C#N)CC(=O)O)cc1.